The summed E-state index contributed by atoms with van der Waals surface area (Å²) in [5.74, 6) is 1.38. The van der Waals surface area contributed by atoms with E-state index in [9.17, 15) is 0 Å². The fourth-order valence-corrected chi connectivity index (χ4v) is 1.84. The zero-order valence-electron chi connectivity index (χ0n) is 10.1. The minimum absolute atomic E-state index is 0.0254. The summed E-state index contributed by atoms with van der Waals surface area (Å²) < 4.78 is 5.85. The summed E-state index contributed by atoms with van der Waals surface area (Å²) in [7, 11) is 0. The molecule has 16 heavy (non-hydrogen) atoms. The number of thiocarbonyl (C=S) groups is 1. The van der Waals surface area contributed by atoms with Gasteiger partial charge in [-0.05, 0) is 24.5 Å². The molecule has 1 atom stereocenters. The van der Waals surface area contributed by atoms with E-state index in [1.54, 1.807) is 0 Å². The molecule has 0 aliphatic carbocycles. The number of nitrogens with two attached hydrogens (primary N) is 1. The third-order valence-corrected chi connectivity index (χ3v) is 2.52. The van der Waals surface area contributed by atoms with E-state index in [1.165, 1.54) is 5.56 Å². The Morgan fingerprint density at radius 1 is 1.31 bits per heavy atom. The number of para-hydroxylation sites is 1. The fourth-order valence-electron chi connectivity index (χ4n) is 1.61. The number of hydrogen-bond donors (Lipinski definition) is 1. The second-order valence-corrected chi connectivity index (χ2v) is 4.82. The standard InChI is InChI=1S/C13H19NOS/c1-9(2)11-6-4-5-7-12(11)15-10(3)8-13(14)16/h4-7,9-10H,8H2,1-3H3,(H2,14,16). The van der Waals surface area contributed by atoms with E-state index in [0.29, 0.717) is 17.3 Å². The van der Waals surface area contributed by atoms with Crippen LogP contribution in [0.15, 0.2) is 24.3 Å². The van der Waals surface area contributed by atoms with Crippen LogP contribution in [0.3, 0.4) is 0 Å². The monoisotopic (exact) mass is 237 g/mol. The summed E-state index contributed by atoms with van der Waals surface area (Å²) in [5.41, 5.74) is 6.72. The first-order chi connectivity index (χ1) is 7.50. The summed E-state index contributed by atoms with van der Waals surface area (Å²) in [6.45, 7) is 6.29. The van der Waals surface area contributed by atoms with Gasteiger partial charge in [-0.3, -0.25) is 0 Å². The Labute approximate surface area is 103 Å². The van der Waals surface area contributed by atoms with Crippen LogP contribution >= 0.6 is 12.2 Å². The van der Waals surface area contributed by atoms with Gasteiger partial charge in [0.05, 0.1) is 4.99 Å². The second kappa shape index (κ2) is 5.85. The van der Waals surface area contributed by atoms with Crippen LogP contribution in [0.1, 0.15) is 38.7 Å². The van der Waals surface area contributed by atoms with E-state index >= 15 is 0 Å². The molecule has 0 heterocycles. The third-order valence-electron chi connectivity index (χ3n) is 2.36. The molecular weight excluding hydrogens is 218 g/mol. The van der Waals surface area contributed by atoms with Crippen molar-refractivity contribution < 1.29 is 4.74 Å². The van der Waals surface area contributed by atoms with Crippen molar-refractivity contribution in [2.75, 3.05) is 0 Å². The van der Waals surface area contributed by atoms with Crippen molar-refractivity contribution >= 4 is 17.2 Å². The molecule has 1 rings (SSSR count). The predicted molar refractivity (Wildman–Crippen MR) is 72.0 cm³/mol. The Morgan fingerprint density at radius 2 is 1.94 bits per heavy atom. The van der Waals surface area contributed by atoms with Crippen LogP contribution in [0.4, 0.5) is 0 Å². The summed E-state index contributed by atoms with van der Waals surface area (Å²) in [6, 6.07) is 8.09. The molecule has 0 bridgehead atoms. The number of rotatable bonds is 5. The van der Waals surface area contributed by atoms with Crippen LogP contribution in [0.25, 0.3) is 0 Å². The van der Waals surface area contributed by atoms with E-state index < -0.39 is 0 Å². The molecule has 0 aromatic heterocycles. The van der Waals surface area contributed by atoms with Gasteiger partial charge in [-0.25, -0.2) is 0 Å². The first kappa shape index (κ1) is 13.0. The van der Waals surface area contributed by atoms with Gasteiger partial charge in [-0.2, -0.15) is 0 Å². The molecule has 0 amide bonds. The maximum Gasteiger partial charge on any atom is 0.123 e. The molecule has 1 unspecified atom stereocenters. The van der Waals surface area contributed by atoms with Crippen molar-refractivity contribution in [1.82, 2.24) is 0 Å². The Bertz CT molecular complexity index is 363. The van der Waals surface area contributed by atoms with Gasteiger partial charge in [0, 0.05) is 6.42 Å². The Morgan fingerprint density at radius 3 is 2.50 bits per heavy atom. The number of benzene rings is 1. The molecule has 88 valence electrons. The lowest BCUT2D eigenvalue weighted by atomic mass is 10.0. The van der Waals surface area contributed by atoms with E-state index in [2.05, 4.69) is 19.9 Å². The van der Waals surface area contributed by atoms with Gasteiger partial charge in [0.15, 0.2) is 0 Å². The molecule has 0 fully saturated rings. The molecule has 0 aliphatic rings. The number of hydrogen-bond acceptors (Lipinski definition) is 2. The maximum absolute atomic E-state index is 5.85. The number of ether oxygens (including phenoxy) is 1. The molecular formula is C13H19NOS. The summed E-state index contributed by atoms with van der Waals surface area (Å²) >= 11 is 4.87. The highest BCUT2D eigenvalue weighted by atomic mass is 32.1. The van der Waals surface area contributed by atoms with Crippen molar-refractivity contribution in [1.29, 1.82) is 0 Å². The average molecular weight is 237 g/mol. The first-order valence-electron chi connectivity index (χ1n) is 5.54. The highest BCUT2D eigenvalue weighted by Gasteiger charge is 2.10. The van der Waals surface area contributed by atoms with Gasteiger partial charge >= 0.3 is 0 Å². The molecule has 1 aromatic rings. The van der Waals surface area contributed by atoms with Crippen molar-refractivity contribution in [3.8, 4) is 5.75 Å². The largest absolute Gasteiger partial charge is 0.490 e. The lowest BCUT2D eigenvalue weighted by molar-refractivity contribution is 0.227. The van der Waals surface area contributed by atoms with Gasteiger partial charge in [-0.1, -0.05) is 44.3 Å². The fraction of sp³-hybridized carbons (Fsp3) is 0.462. The Kier molecular flexibility index (Phi) is 4.74. The summed E-state index contributed by atoms with van der Waals surface area (Å²) in [5, 5.41) is 0. The van der Waals surface area contributed by atoms with Gasteiger partial charge in [-0.15, -0.1) is 0 Å². The van der Waals surface area contributed by atoms with E-state index in [-0.39, 0.29) is 6.10 Å². The smallest absolute Gasteiger partial charge is 0.123 e. The van der Waals surface area contributed by atoms with Crippen molar-refractivity contribution in [3.05, 3.63) is 29.8 Å². The van der Waals surface area contributed by atoms with Gasteiger partial charge in [0.1, 0.15) is 11.9 Å². The SMILES string of the molecule is CC(CC(N)=S)Oc1ccccc1C(C)C. The lowest BCUT2D eigenvalue weighted by Gasteiger charge is -2.18. The minimum Gasteiger partial charge on any atom is -0.490 e. The Hall–Kier alpha value is -1.09. The van der Waals surface area contributed by atoms with Crippen LogP contribution < -0.4 is 10.5 Å². The van der Waals surface area contributed by atoms with Crippen molar-refractivity contribution in [3.63, 3.8) is 0 Å². The highest BCUT2D eigenvalue weighted by molar-refractivity contribution is 7.80. The predicted octanol–water partition coefficient (Wildman–Crippen LogP) is 3.25. The van der Waals surface area contributed by atoms with Crippen LogP contribution in [-0.4, -0.2) is 11.1 Å². The zero-order chi connectivity index (χ0) is 12.1. The highest BCUT2D eigenvalue weighted by Crippen LogP contribution is 2.26. The molecule has 0 saturated carbocycles. The Balaban J connectivity index is 2.76. The molecule has 0 radical (unpaired) electrons. The van der Waals surface area contributed by atoms with Crippen LogP contribution in [0.2, 0.25) is 0 Å². The molecule has 2 N–H and O–H groups in total. The third kappa shape index (κ3) is 3.81. The van der Waals surface area contributed by atoms with Crippen molar-refractivity contribution in [2.45, 2.75) is 39.2 Å². The molecule has 0 saturated heterocycles. The molecule has 0 spiro atoms. The van der Waals surface area contributed by atoms with Crippen LogP contribution in [0.5, 0.6) is 5.75 Å². The van der Waals surface area contributed by atoms with E-state index in [0.717, 1.165) is 5.75 Å². The molecule has 3 heteroatoms. The van der Waals surface area contributed by atoms with E-state index in [1.807, 2.05) is 25.1 Å². The topological polar surface area (TPSA) is 35.2 Å². The maximum atomic E-state index is 5.85. The molecule has 0 aliphatic heterocycles. The van der Waals surface area contributed by atoms with Gasteiger partial charge < -0.3 is 10.5 Å². The minimum atomic E-state index is 0.0254. The quantitative estimate of drug-likeness (QED) is 0.798. The van der Waals surface area contributed by atoms with Gasteiger partial charge in [0.2, 0.25) is 0 Å². The van der Waals surface area contributed by atoms with Crippen molar-refractivity contribution in [2.24, 2.45) is 5.73 Å². The van der Waals surface area contributed by atoms with Gasteiger partial charge in [0.25, 0.3) is 0 Å². The van der Waals surface area contributed by atoms with E-state index in [4.69, 9.17) is 22.7 Å². The lowest BCUT2D eigenvalue weighted by Crippen LogP contribution is -2.21. The van der Waals surface area contributed by atoms with Crippen LogP contribution in [0, 0.1) is 0 Å². The summed E-state index contributed by atoms with van der Waals surface area (Å²) in [4.78, 5) is 0.495. The van der Waals surface area contributed by atoms with Crippen LogP contribution in [-0.2, 0) is 0 Å². The second-order valence-electron chi connectivity index (χ2n) is 4.29. The zero-order valence-corrected chi connectivity index (χ0v) is 10.9. The first-order valence-corrected chi connectivity index (χ1v) is 5.95. The average Bonchev–Trinajstić information content (AvgIpc) is 2.16. The normalized spacial score (nSPS) is 12.5. The molecule has 1 aromatic carbocycles. The molecule has 2 nitrogen and oxygen atoms in total. The summed E-state index contributed by atoms with van der Waals surface area (Å²) in [6.07, 6.45) is 0.638.